The van der Waals surface area contributed by atoms with E-state index in [1.165, 1.54) is 11.2 Å². The first-order valence-corrected chi connectivity index (χ1v) is 9.52. The van der Waals surface area contributed by atoms with Gasteiger partial charge in [-0.25, -0.2) is 14.9 Å². The molecule has 1 fully saturated rings. The third kappa shape index (κ3) is 2.99. The summed E-state index contributed by atoms with van der Waals surface area (Å²) < 4.78 is 1.93. The van der Waals surface area contributed by atoms with Crippen molar-refractivity contribution in [3.63, 3.8) is 0 Å². The van der Waals surface area contributed by atoms with Crippen LogP contribution in [0.15, 0.2) is 73.1 Å². The summed E-state index contributed by atoms with van der Waals surface area (Å²) in [4.78, 5) is 35.2. The van der Waals surface area contributed by atoms with Crippen molar-refractivity contribution in [1.82, 2.24) is 14.5 Å². The number of imide groups is 1. The van der Waals surface area contributed by atoms with Gasteiger partial charge in [0.2, 0.25) is 11.8 Å². The quantitative estimate of drug-likeness (QED) is 0.504. The zero-order valence-corrected chi connectivity index (χ0v) is 15.7. The topological polar surface area (TPSA) is 68.1 Å². The molecule has 0 N–H and O–H groups in total. The number of benzene rings is 2. The molecule has 6 heteroatoms. The number of carbonyl (C=O) groups excluding carboxylic acids is 2. The summed E-state index contributed by atoms with van der Waals surface area (Å²) in [5, 5.41) is 0.817. The van der Waals surface area contributed by atoms with Gasteiger partial charge in [-0.05, 0) is 11.6 Å². The molecule has 2 aromatic heterocycles. The van der Waals surface area contributed by atoms with E-state index in [2.05, 4.69) is 9.97 Å². The van der Waals surface area contributed by atoms with Crippen molar-refractivity contribution in [2.75, 3.05) is 4.90 Å². The van der Waals surface area contributed by atoms with Crippen molar-refractivity contribution in [3.05, 3.63) is 78.6 Å². The van der Waals surface area contributed by atoms with Gasteiger partial charge in [0.1, 0.15) is 17.8 Å². The summed E-state index contributed by atoms with van der Waals surface area (Å²) in [6.45, 7) is 0.502. The predicted octanol–water partition coefficient (Wildman–Crippen LogP) is 3.80. The van der Waals surface area contributed by atoms with Crippen LogP contribution in [-0.2, 0) is 16.1 Å². The number of hydrogen-bond donors (Lipinski definition) is 0. The molecule has 0 radical (unpaired) electrons. The number of fused-ring (bicyclic) bond motifs is 1. The fourth-order valence-corrected chi connectivity index (χ4v) is 3.82. The van der Waals surface area contributed by atoms with E-state index < -0.39 is 0 Å². The fraction of sp³-hybridized carbons (Fsp3) is 0.130. The van der Waals surface area contributed by atoms with Gasteiger partial charge >= 0.3 is 0 Å². The SMILES string of the molecule is O=C1CCC(=O)N1c1cc2c(-c3ccccc3)ncnc2n1Cc1ccccc1. The first-order chi connectivity index (χ1) is 14.2. The molecule has 6 nitrogen and oxygen atoms in total. The van der Waals surface area contributed by atoms with E-state index in [1.54, 1.807) is 0 Å². The molecule has 1 aliphatic rings. The van der Waals surface area contributed by atoms with Crippen LogP contribution in [0, 0.1) is 0 Å². The Labute approximate surface area is 167 Å². The number of nitrogens with zero attached hydrogens (tertiary/aromatic N) is 4. The Bertz CT molecular complexity index is 1200. The molecule has 0 atom stereocenters. The highest BCUT2D eigenvalue weighted by Crippen LogP contribution is 2.34. The second-order valence-electron chi connectivity index (χ2n) is 7.02. The van der Waals surface area contributed by atoms with Crippen molar-refractivity contribution >= 4 is 28.7 Å². The number of anilines is 1. The third-order valence-electron chi connectivity index (χ3n) is 5.18. The molecular formula is C23H18N4O2. The lowest BCUT2D eigenvalue weighted by atomic mass is 10.1. The van der Waals surface area contributed by atoms with Crippen molar-refractivity contribution < 1.29 is 9.59 Å². The maximum absolute atomic E-state index is 12.5. The summed E-state index contributed by atoms with van der Waals surface area (Å²) in [5.74, 6) is 0.191. The number of rotatable bonds is 4. The van der Waals surface area contributed by atoms with Gasteiger partial charge in [0.25, 0.3) is 0 Å². The van der Waals surface area contributed by atoms with Crippen LogP contribution in [0.3, 0.4) is 0 Å². The van der Waals surface area contributed by atoms with E-state index in [0.29, 0.717) is 18.0 Å². The molecule has 1 aliphatic heterocycles. The third-order valence-corrected chi connectivity index (χ3v) is 5.18. The molecule has 0 bridgehead atoms. The van der Waals surface area contributed by atoms with Gasteiger partial charge in [-0.3, -0.25) is 9.59 Å². The average molecular weight is 382 g/mol. The van der Waals surface area contributed by atoms with E-state index in [4.69, 9.17) is 0 Å². The van der Waals surface area contributed by atoms with Crippen LogP contribution in [0.1, 0.15) is 18.4 Å². The molecular weight excluding hydrogens is 364 g/mol. The van der Waals surface area contributed by atoms with Crippen LogP contribution in [0.25, 0.3) is 22.3 Å². The van der Waals surface area contributed by atoms with Crippen LogP contribution in [-0.4, -0.2) is 26.3 Å². The molecule has 4 aromatic rings. The van der Waals surface area contributed by atoms with E-state index >= 15 is 0 Å². The average Bonchev–Trinajstić information content (AvgIpc) is 3.28. The number of hydrogen-bond acceptors (Lipinski definition) is 4. The van der Waals surface area contributed by atoms with Crippen LogP contribution < -0.4 is 4.90 Å². The summed E-state index contributed by atoms with van der Waals surface area (Å²) >= 11 is 0. The van der Waals surface area contributed by atoms with E-state index in [0.717, 1.165) is 22.2 Å². The Morgan fingerprint density at radius 3 is 2.17 bits per heavy atom. The van der Waals surface area contributed by atoms with Crippen molar-refractivity contribution in [1.29, 1.82) is 0 Å². The van der Waals surface area contributed by atoms with Gasteiger partial charge in [-0.2, -0.15) is 0 Å². The second-order valence-corrected chi connectivity index (χ2v) is 7.02. The first-order valence-electron chi connectivity index (χ1n) is 9.52. The molecule has 2 aromatic carbocycles. The van der Waals surface area contributed by atoms with Gasteiger partial charge < -0.3 is 4.57 Å². The van der Waals surface area contributed by atoms with Crippen LogP contribution in [0.4, 0.5) is 5.82 Å². The predicted molar refractivity (Wildman–Crippen MR) is 110 cm³/mol. The van der Waals surface area contributed by atoms with E-state index in [-0.39, 0.29) is 24.7 Å². The number of aromatic nitrogens is 3. The number of amides is 2. The molecule has 3 heterocycles. The van der Waals surface area contributed by atoms with Gasteiger partial charge in [0.05, 0.1) is 12.2 Å². The highest BCUT2D eigenvalue weighted by molar-refractivity contribution is 6.20. The lowest BCUT2D eigenvalue weighted by molar-refractivity contribution is -0.121. The maximum Gasteiger partial charge on any atom is 0.235 e. The summed E-state index contributed by atoms with van der Waals surface area (Å²) in [5.41, 5.74) is 3.50. The van der Waals surface area contributed by atoms with Crippen molar-refractivity contribution in [2.24, 2.45) is 0 Å². The molecule has 142 valence electrons. The molecule has 29 heavy (non-hydrogen) atoms. The van der Waals surface area contributed by atoms with E-state index in [9.17, 15) is 9.59 Å². The Morgan fingerprint density at radius 1 is 0.828 bits per heavy atom. The lowest BCUT2D eigenvalue weighted by Crippen LogP contribution is -2.30. The summed E-state index contributed by atoms with van der Waals surface area (Å²) in [6, 6.07) is 21.6. The Balaban J connectivity index is 1.74. The number of carbonyl (C=O) groups is 2. The van der Waals surface area contributed by atoms with Crippen molar-refractivity contribution in [2.45, 2.75) is 19.4 Å². The van der Waals surface area contributed by atoms with E-state index in [1.807, 2.05) is 71.3 Å². The Hall–Kier alpha value is -3.80. The minimum atomic E-state index is -0.179. The van der Waals surface area contributed by atoms with Gasteiger partial charge in [0, 0.05) is 23.8 Å². The fourth-order valence-electron chi connectivity index (χ4n) is 3.82. The molecule has 1 saturated heterocycles. The molecule has 0 unspecified atom stereocenters. The monoisotopic (exact) mass is 382 g/mol. The summed E-state index contributed by atoms with van der Waals surface area (Å²) in [6.07, 6.45) is 2.01. The van der Waals surface area contributed by atoms with Gasteiger partial charge in [-0.1, -0.05) is 60.7 Å². The molecule has 0 spiro atoms. The van der Waals surface area contributed by atoms with Gasteiger partial charge in [0.15, 0.2) is 0 Å². The molecule has 0 aliphatic carbocycles. The highest BCUT2D eigenvalue weighted by Gasteiger charge is 2.33. The second kappa shape index (κ2) is 6.98. The maximum atomic E-state index is 12.5. The van der Waals surface area contributed by atoms with Crippen LogP contribution >= 0.6 is 0 Å². The van der Waals surface area contributed by atoms with Gasteiger partial charge in [-0.15, -0.1) is 0 Å². The smallest absolute Gasteiger partial charge is 0.235 e. The summed E-state index contributed by atoms with van der Waals surface area (Å²) in [7, 11) is 0. The van der Waals surface area contributed by atoms with Crippen LogP contribution in [0.2, 0.25) is 0 Å². The minimum absolute atomic E-state index is 0.179. The van der Waals surface area contributed by atoms with Crippen LogP contribution in [0.5, 0.6) is 0 Å². The lowest BCUT2D eigenvalue weighted by Gasteiger charge is -2.17. The standard InChI is InChI=1S/C23H18N4O2/c28-20-11-12-21(29)27(20)19-13-18-22(17-9-5-2-6-10-17)24-15-25-23(18)26(19)14-16-7-3-1-4-8-16/h1-10,13,15H,11-12,14H2. The normalized spacial score (nSPS) is 14.1. The molecule has 5 rings (SSSR count). The van der Waals surface area contributed by atoms with Crippen molar-refractivity contribution in [3.8, 4) is 11.3 Å². The molecule has 2 amide bonds. The Morgan fingerprint density at radius 2 is 1.48 bits per heavy atom. The Kier molecular flexibility index (Phi) is 4.17. The zero-order chi connectivity index (χ0) is 19.8. The highest BCUT2D eigenvalue weighted by atomic mass is 16.2. The largest absolute Gasteiger partial charge is 0.307 e. The minimum Gasteiger partial charge on any atom is -0.307 e. The molecule has 0 saturated carbocycles. The first kappa shape index (κ1) is 17.3. The zero-order valence-electron chi connectivity index (χ0n) is 15.7.